The predicted molar refractivity (Wildman–Crippen MR) is 109 cm³/mol. The van der Waals surface area contributed by atoms with Crippen molar-refractivity contribution in [3.8, 4) is 0 Å². The lowest BCUT2D eigenvalue weighted by Gasteiger charge is -2.33. The number of nitrogens with one attached hydrogen (secondary N) is 1. The van der Waals surface area contributed by atoms with Crippen LogP contribution in [-0.4, -0.2) is 54.3 Å². The van der Waals surface area contributed by atoms with Crippen LogP contribution in [0.3, 0.4) is 0 Å². The molecule has 0 unspecified atom stereocenters. The Morgan fingerprint density at radius 2 is 1.67 bits per heavy atom. The highest BCUT2D eigenvalue weighted by Crippen LogP contribution is 2.36. The number of halogens is 4. The molecule has 5 nitrogen and oxygen atoms in total. The number of anilines is 1. The topological polar surface area (TPSA) is 52.7 Å². The lowest BCUT2D eigenvalue weighted by atomic mass is 9.95. The van der Waals surface area contributed by atoms with Gasteiger partial charge in [0.15, 0.2) is 0 Å². The van der Waals surface area contributed by atoms with E-state index in [0.29, 0.717) is 25.9 Å². The summed E-state index contributed by atoms with van der Waals surface area (Å²) in [5.74, 6) is -0.169. The van der Waals surface area contributed by atoms with Crippen LogP contribution in [0.4, 0.5) is 18.9 Å². The summed E-state index contributed by atoms with van der Waals surface area (Å²) < 4.78 is 38.9. The first kappa shape index (κ1) is 22.9. The molecule has 2 aliphatic rings. The number of nitrogens with zero attached hydrogens (tertiary/aromatic N) is 2. The van der Waals surface area contributed by atoms with Gasteiger partial charge in [-0.2, -0.15) is 13.2 Å². The summed E-state index contributed by atoms with van der Waals surface area (Å²) in [7, 11) is 0. The van der Waals surface area contributed by atoms with Crippen molar-refractivity contribution in [3.63, 3.8) is 0 Å². The summed E-state index contributed by atoms with van der Waals surface area (Å²) in [5, 5.41) is 2.10. The number of hydrogen-bond donors (Lipinski definition) is 1. The molecule has 2 fully saturated rings. The van der Waals surface area contributed by atoms with Crippen molar-refractivity contribution in [2.24, 2.45) is 5.92 Å². The van der Waals surface area contributed by atoms with Crippen LogP contribution < -0.4 is 5.32 Å². The molecule has 2 aliphatic heterocycles. The average molecular weight is 446 g/mol. The van der Waals surface area contributed by atoms with Gasteiger partial charge in [-0.15, -0.1) is 0 Å². The molecule has 1 aromatic rings. The molecule has 166 valence electrons. The summed E-state index contributed by atoms with van der Waals surface area (Å²) in [5.41, 5.74) is -0.919. The standard InChI is InChI=1S/C21H27ClF3N3O2/c22-18-6-5-16(13-17(18)21(23,24)25)26-19(29)14-27-11-7-15(8-12-27)20(30)28-9-3-1-2-4-10-28/h5-6,13,15H,1-4,7-12,14H2,(H,26,29). The molecule has 1 aromatic carbocycles. The van der Waals surface area contributed by atoms with Gasteiger partial charge in [0.05, 0.1) is 17.1 Å². The van der Waals surface area contributed by atoms with Gasteiger partial charge >= 0.3 is 6.18 Å². The van der Waals surface area contributed by atoms with Crippen LogP contribution >= 0.6 is 11.6 Å². The van der Waals surface area contributed by atoms with E-state index in [0.717, 1.165) is 38.1 Å². The summed E-state index contributed by atoms with van der Waals surface area (Å²) in [4.78, 5) is 28.9. The van der Waals surface area contributed by atoms with Gasteiger partial charge in [0.1, 0.15) is 0 Å². The smallest absolute Gasteiger partial charge is 0.342 e. The van der Waals surface area contributed by atoms with Crippen molar-refractivity contribution in [2.75, 3.05) is 38.0 Å². The van der Waals surface area contributed by atoms with Crippen LogP contribution in [0.15, 0.2) is 18.2 Å². The molecular formula is C21H27ClF3N3O2. The number of benzene rings is 1. The third-order valence-corrected chi connectivity index (χ3v) is 6.11. The summed E-state index contributed by atoms with van der Waals surface area (Å²) in [6.45, 7) is 2.98. The van der Waals surface area contributed by atoms with Crippen molar-refractivity contribution in [3.05, 3.63) is 28.8 Å². The van der Waals surface area contributed by atoms with Gasteiger partial charge in [0.2, 0.25) is 11.8 Å². The van der Waals surface area contributed by atoms with E-state index < -0.39 is 16.8 Å². The first-order chi connectivity index (χ1) is 14.2. The molecule has 0 bridgehead atoms. The maximum Gasteiger partial charge on any atom is 0.417 e. The van der Waals surface area contributed by atoms with E-state index in [-0.39, 0.29) is 30.0 Å². The molecule has 2 amide bonds. The molecule has 9 heteroatoms. The average Bonchev–Trinajstić information content (AvgIpc) is 2.98. The second-order valence-corrected chi connectivity index (χ2v) is 8.44. The van der Waals surface area contributed by atoms with Gasteiger partial charge in [-0.1, -0.05) is 24.4 Å². The number of hydrogen-bond acceptors (Lipinski definition) is 3. The van der Waals surface area contributed by atoms with Crippen molar-refractivity contribution in [2.45, 2.75) is 44.7 Å². The molecule has 0 radical (unpaired) electrons. The van der Waals surface area contributed by atoms with Crippen LogP contribution in [-0.2, 0) is 15.8 Å². The Kier molecular flexibility index (Phi) is 7.63. The van der Waals surface area contributed by atoms with E-state index in [1.807, 2.05) is 9.80 Å². The minimum Gasteiger partial charge on any atom is -0.342 e. The molecule has 2 saturated heterocycles. The number of rotatable bonds is 4. The minimum atomic E-state index is -4.58. The molecule has 2 heterocycles. The Hall–Kier alpha value is -1.80. The Labute approximate surface area is 179 Å². The van der Waals surface area contributed by atoms with E-state index in [9.17, 15) is 22.8 Å². The maximum atomic E-state index is 13.0. The van der Waals surface area contributed by atoms with Crippen molar-refractivity contribution in [1.82, 2.24) is 9.80 Å². The van der Waals surface area contributed by atoms with Crippen molar-refractivity contribution < 1.29 is 22.8 Å². The highest BCUT2D eigenvalue weighted by molar-refractivity contribution is 6.31. The summed E-state index contributed by atoms with van der Waals surface area (Å²) in [6, 6.07) is 3.31. The molecule has 3 rings (SSSR count). The lowest BCUT2D eigenvalue weighted by molar-refractivity contribution is -0.138. The quantitative estimate of drug-likeness (QED) is 0.746. The molecule has 30 heavy (non-hydrogen) atoms. The maximum absolute atomic E-state index is 13.0. The van der Waals surface area contributed by atoms with Gasteiger partial charge in [-0.3, -0.25) is 14.5 Å². The third kappa shape index (κ3) is 6.11. The first-order valence-electron chi connectivity index (χ1n) is 10.4. The highest BCUT2D eigenvalue weighted by Gasteiger charge is 2.34. The van der Waals surface area contributed by atoms with Gasteiger partial charge in [-0.05, 0) is 57.0 Å². The summed E-state index contributed by atoms with van der Waals surface area (Å²) in [6.07, 6.45) is 1.28. The monoisotopic (exact) mass is 445 g/mol. The van der Waals surface area contributed by atoms with Crippen LogP contribution in [0.5, 0.6) is 0 Å². The van der Waals surface area contributed by atoms with Crippen LogP contribution in [0.2, 0.25) is 5.02 Å². The number of carbonyl (C=O) groups excluding carboxylic acids is 2. The van der Waals surface area contributed by atoms with Crippen molar-refractivity contribution in [1.29, 1.82) is 0 Å². The Morgan fingerprint density at radius 1 is 1.03 bits per heavy atom. The first-order valence-corrected chi connectivity index (χ1v) is 10.8. The van der Waals surface area contributed by atoms with Gasteiger partial charge in [0, 0.05) is 24.7 Å². The van der Waals surface area contributed by atoms with Crippen molar-refractivity contribution >= 4 is 29.1 Å². The molecule has 1 N–H and O–H groups in total. The second-order valence-electron chi connectivity index (χ2n) is 8.03. The number of alkyl halides is 3. The lowest BCUT2D eigenvalue weighted by Crippen LogP contribution is -2.44. The zero-order chi connectivity index (χ0) is 21.7. The van der Waals surface area contributed by atoms with E-state index in [1.54, 1.807) is 0 Å². The molecular weight excluding hydrogens is 419 g/mol. The molecule has 0 saturated carbocycles. The second kappa shape index (κ2) is 10.0. The van der Waals surface area contributed by atoms with Crippen LogP contribution in [0.1, 0.15) is 44.1 Å². The van der Waals surface area contributed by atoms with E-state index in [1.165, 1.54) is 18.9 Å². The minimum absolute atomic E-state index is 0.00646. The zero-order valence-corrected chi connectivity index (χ0v) is 17.6. The van der Waals surface area contributed by atoms with E-state index >= 15 is 0 Å². The van der Waals surface area contributed by atoms with E-state index in [4.69, 9.17) is 11.6 Å². The summed E-state index contributed by atoms with van der Waals surface area (Å²) >= 11 is 5.61. The highest BCUT2D eigenvalue weighted by atomic mass is 35.5. The Morgan fingerprint density at radius 3 is 2.27 bits per heavy atom. The zero-order valence-electron chi connectivity index (χ0n) is 16.8. The van der Waals surface area contributed by atoms with Gasteiger partial charge < -0.3 is 10.2 Å². The van der Waals surface area contributed by atoms with Gasteiger partial charge in [-0.25, -0.2) is 0 Å². The predicted octanol–water partition coefficient (Wildman–Crippen LogP) is 4.41. The largest absolute Gasteiger partial charge is 0.417 e. The number of carbonyl (C=O) groups is 2. The molecule has 0 aromatic heterocycles. The normalized spacial score (nSPS) is 19.4. The number of amides is 2. The SMILES string of the molecule is O=C(CN1CCC(C(=O)N2CCCCCC2)CC1)Nc1ccc(Cl)c(C(F)(F)F)c1. The molecule has 0 spiro atoms. The number of piperidine rings is 1. The van der Waals surface area contributed by atoms with E-state index in [2.05, 4.69) is 5.32 Å². The third-order valence-electron chi connectivity index (χ3n) is 5.78. The fourth-order valence-corrected chi connectivity index (χ4v) is 4.34. The fraction of sp³-hybridized carbons (Fsp3) is 0.619. The Balaban J connectivity index is 1.48. The number of likely N-dealkylation sites (tertiary alicyclic amines) is 2. The van der Waals surface area contributed by atoms with Crippen LogP contribution in [0.25, 0.3) is 0 Å². The fourth-order valence-electron chi connectivity index (χ4n) is 4.11. The Bertz CT molecular complexity index is 756. The molecule has 0 aliphatic carbocycles. The van der Waals surface area contributed by atoms with Gasteiger partial charge in [0.25, 0.3) is 0 Å². The van der Waals surface area contributed by atoms with Crippen LogP contribution in [0, 0.1) is 5.92 Å². The molecule has 0 atom stereocenters.